The maximum atomic E-state index is 10.7. The molecule has 2 aromatic rings. The van der Waals surface area contributed by atoms with E-state index in [-0.39, 0.29) is 5.91 Å². The van der Waals surface area contributed by atoms with Gasteiger partial charge in [-0.3, -0.25) is 4.79 Å². The monoisotopic (exact) mass is 340 g/mol. The predicted molar refractivity (Wildman–Crippen MR) is 99.4 cm³/mol. The third-order valence-corrected chi connectivity index (χ3v) is 3.46. The van der Waals surface area contributed by atoms with Gasteiger partial charge in [-0.1, -0.05) is 13.0 Å². The van der Waals surface area contributed by atoms with Crippen LogP contribution in [0.15, 0.2) is 47.6 Å². The molecule has 0 aliphatic carbocycles. The van der Waals surface area contributed by atoms with E-state index in [4.69, 9.17) is 9.47 Å². The third-order valence-electron chi connectivity index (χ3n) is 3.46. The number of carbonyl (C=O) groups excluding carboxylic acids is 1. The molecular formula is C20H24N2O3. The minimum Gasteiger partial charge on any atom is -0.490 e. The predicted octanol–water partition coefficient (Wildman–Crippen LogP) is 3.49. The Hall–Kier alpha value is -2.82. The lowest BCUT2D eigenvalue weighted by atomic mass is 10.1. The van der Waals surface area contributed by atoms with Gasteiger partial charge in [0.05, 0.1) is 6.21 Å². The molecule has 2 aromatic carbocycles. The molecular weight excluding hydrogens is 316 g/mol. The molecule has 5 heteroatoms. The van der Waals surface area contributed by atoms with E-state index in [9.17, 15) is 4.79 Å². The molecule has 132 valence electrons. The Bertz CT molecular complexity index is 724. The van der Waals surface area contributed by atoms with Crippen molar-refractivity contribution >= 4 is 12.1 Å². The van der Waals surface area contributed by atoms with Gasteiger partial charge in [0.25, 0.3) is 0 Å². The standard InChI is InChI=1S/C20H24N2O3/c1-4-17-11-15(2)12-20(13-17)25-10-9-24-19-7-5-18(6-8-19)14-21-22-16(3)23/h5-8,11-14H,4,9-10H2,1-3H3,(H,22,23)/b21-14-. The van der Waals surface area contributed by atoms with Gasteiger partial charge < -0.3 is 9.47 Å². The van der Waals surface area contributed by atoms with Crippen molar-refractivity contribution < 1.29 is 14.3 Å². The van der Waals surface area contributed by atoms with E-state index in [1.165, 1.54) is 18.1 Å². The van der Waals surface area contributed by atoms with Crippen LogP contribution < -0.4 is 14.9 Å². The highest BCUT2D eigenvalue weighted by Crippen LogP contribution is 2.17. The summed E-state index contributed by atoms with van der Waals surface area (Å²) in [6.45, 7) is 6.56. The van der Waals surface area contributed by atoms with Gasteiger partial charge >= 0.3 is 0 Å². The number of amides is 1. The summed E-state index contributed by atoms with van der Waals surface area (Å²) in [5, 5.41) is 3.82. The minimum absolute atomic E-state index is 0.198. The van der Waals surface area contributed by atoms with Gasteiger partial charge in [-0.25, -0.2) is 5.43 Å². The van der Waals surface area contributed by atoms with E-state index in [0.29, 0.717) is 13.2 Å². The second-order valence-electron chi connectivity index (χ2n) is 5.70. The first-order chi connectivity index (χ1) is 12.1. The van der Waals surface area contributed by atoms with Crippen LogP contribution in [0.3, 0.4) is 0 Å². The van der Waals surface area contributed by atoms with E-state index < -0.39 is 0 Å². The molecule has 0 saturated heterocycles. The SMILES string of the molecule is CCc1cc(C)cc(OCCOc2ccc(/C=N\NC(C)=O)cc2)c1. The molecule has 0 fully saturated rings. The summed E-state index contributed by atoms with van der Waals surface area (Å²) >= 11 is 0. The number of nitrogens with zero attached hydrogens (tertiary/aromatic N) is 1. The molecule has 1 N–H and O–H groups in total. The number of hydrazone groups is 1. The van der Waals surface area contributed by atoms with E-state index in [1.807, 2.05) is 30.3 Å². The smallest absolute Gasteiger partial charge is 0.236 e. The second kappa shape index (κ2) is 9.47. The fourth-order valence-corrected chi connectivity index (χ4v) is 2.28. The molecule has 0 saturated carbocycles. The average molecular weight is 340 g/mol. The van der Waals surface area contributed by atoms with Crippen LogP contribution in [-0.2, 0) is 11.2 Å². The number of ether oxygens (including phenoxy) is 2. The normalized spacial score (nSPS) is 10.7. The van der Waals surface area contributed by atoms with Crippen LogP contribution in [0.4, 0.5) is 0 Å². The van der Waals surface area contributed by atoms with Crippen LogP contribution in [-0.4, -0.2) is 25.3 Å². The van der Waals surface area contributed by atoms with Crippen molar-refractivity contribution in [2.75, 3.05) is 13.2 Å². The first-order valence-electron chi connectivity index (χ1n) is 8.32. The maximum absolute atomic E-state index is 10.7. The van der Waals surface area contributed by atoms with Crippen LogP contribution in [0, 0.1) is 6.92 Å². The number of hydrogen-bond donors (Lipinski definition) is 1. The topological polar surface area (TPSA) is 59.9 Å². The number of carbonyl (C=O) groups is 1. The van der Waals surface area contributed by atoms with Crippen molar-refractivity contribution in [3.8, 4) is 11.5 Å². The van der Waals surface area contributed by atoms with Gasteiger partial charge in [-0.2, -0.15) is 5.10 Å². The number of hydrogen-bond acceptors (Lipinski definition) is 4. The summed E-state index contributed by atoms with van der Waals surface area (Å²) in [6.07, 6.45) is 2.57. The molecule has 1 amide bonds. The molecule has 0 aliphatic rings. The summed E-state index contributed by atoms with van der Waals surface area (Å²) in [4.78, 5) is 10.7. The molecule has 5 nitrogen and oxygen atoms in total. The van der Waals surface area contributed by atoms with Crippen LogP contribution in [0.1, 0.15) is 30.5 Å². The highest BCUT2D eigenvalue weighted by Gasteiger charge is 2.00. The zero-order chi connectivity index (χ0) is 18.1. The molecule has 0 aliphatic heterocycles. The Morgan fingerprint density at radius 2 is 1.76 bits per heavy atom. The summed E-state index contributed by atoms with van der Waals surface area (Å²) in [7, 11) is 0. The Kier molecular flexibility index (Phi) is 7.01. The van der Waals surface area contributed by atoms with E-state index >= 15 is 0 Å². The lowest BCUT2D eigenvalue weighted by molar-refractivity contribution is -0.118. The van der Waals surface area contributed by atoms with Crippen molar-refractivity contribution in [1.82, 2.24) is 5.43 Å². The van der Waals surface area contributed by atoms with E-state index in [1.54, 1.807) is 6.21 Å². The summed E-state index contributed by atoms with van der Waals surface area (Å²) in [5.74, 6) is 1.44. The molecule has 0 aromatic heterocycles. The van der Waals surface area contributed by atoms with Gasteiger partial charge in [-0.15, -0.1) is 0 Å². The first-order valence-corrected chi connectivity index (χ1v) is 8.32. The summed E-state index contributed by atoms with van der Waals surface area (Å²) < 4.78 is 11.4. The molecule has 0 bridgehead atoms. The molecule has 2 rings (SSSR count). The van der Waals surface area contributed by atoms with Gasteiger partial charge in [0, 0.05) is 6.92 Å². The minimum atomic E-state index is -0.198. The molecule has 25 heavy (non-hydrogen) atoms. The second-order valence-corrected chi connectivity index (χ2v) is 5.70. The Morgan fingerprint density at radius 3 is 2.40 bits per heavy atom. The number of nitrogens with one attached hydrogen (secondary N) is 1. The number of aryl methyl sites for hydroxylation is 2. The molecule has 0 heterocycles. The highest BCUT2D eigenvalue weighted by atomic mass is 16.5. The third kappa shape index (κ3) is 6.67. The van der Waals surface area contributed by atoms with Gasteiger partial charge in [0.2, 0.25) is 5.91 Å². The lowest BCUT2D eigenvalue weighted by Crippen LogP contribution is -2.12. The quantitative estimate of drug-likeness (QED) is 0.455. The van der Waals surface area contributed by atoms with Crippen molar-refractivity contribution in [1.29, 1.82) is 0 Å². The molecule has 0 atom stereocenters. The van der Waals surface area contributed by atoms with Crippen LogP contribution in [0.25, 0.3) is 0 Å². The largest absolute Gasteiger partial charge is 0.490 e. The zero-order valence-corrected chi connectivity index (χ0v) is 14.9. The van der Waals surface area contributed by atoms with Gasteiger partial charge in [0.1, 0.15) is 24.7 Å². The molecule has 0 spiro atoms. The van der Waals surface area contributed by atoms with Crippen molar-refractivity contribution in [2.45, 2.75) is 27.2 Å². The summed E-state index contributed by atoms with van der Waals surface area (Å²) in [5.41, 5.74) is 5.71. The fraction of sp³-hybridized carbons (Fsp3) is 0.300. The van der Waals surface area contributed by atoms with Crippen LogP contribution >= 0.6 is 0 Å². The molecule has 0 radical (unpaired) electrons. The number of rotatable bonds is 8. The number of benzene rings is 2. The fourth-order valence-electron chi connectivity index (χ4n) is 2.28. The van der Waals surface area contributed by atoms with Crippen molar-refractivity contribution in [3.63, 3.8) is 0 Å². The van der Waals surface area contributed by atoms with E-state index in [0.717, 1.165) is 23.5 Å². The molecule has 0 unspecified atom stereocenters. The highest BCUT2D eigenvalue weighted by molar-refractivity contribution is 5.81. The average Bonchev–Trinajstić information content (AvgIpc) is 2.59. The zero-order valence-electron chi connectivity index (χ0n) is 14.9. The van der Waals surface area contributed by atoms with E-state index in [2.05, 4.69) is 36.5 Å². The maximum Gasteiger partial charge on any atom is 0.236 e. The van der Waals surface area contributed by atoms with Crippen molar-refractivity contribution in [3.05, 3.63) is 59.2 Å². The summed E-state index contributed by atoms with van der Waals surface area (Å²) in [6, 6.07) is 13.7. The van der Waals surface area contributed by atoms with Crippen LogP contribution in [0.5, 0.6) is 11.5 Å². The Labute approximate surface area is 148 Å². The Balaban J connectivity index is 1.77. The van der Waals surface area contributed by atoms with Crippen molar-refractivity contribution in [2.24, 2.45) is 5.10 Å². The first kappa shape index (κ1) is 18.5. The van der Waals surface area contributed by atoms with Gasteiger partial charge in [-0.05, 0) is 66.4 Å². The van der Waals surface area contributed by atoms with Crippen LogP contribution in [0.2, 0.25) is 0 Å². The lowest BCUT2D eigenvalue weighted by Gasteiger charge is -2.10. The van der Waals surface area contributed by atoms with Gasteiger partial charge in [0.15, 0.2) is 0 Å². The Morgan fingerprint density at radius 1 is 1.08 bits per heavy atom.